The highest BCUT2D eigenvalue weighted by atomic mass is 16.6. The maximum absolute atomic E-state index is 11.2. The lowest BCUT2D eigenvalue weighted by Gasteiger charge is -2.35. The SMILES string of the molecule is C=C(C#Cc1cc(C)ccn1)N1CCN(c2ncccc2[N+](=O)[O-])CC1.C=C(C#Cc1ccc(C)nc1)N1CCN(c2ncccc2[N+](=O)[O-])CC1.C=C(C#Cc1cccc(C)n1)N1CCN(c2ncccc2[N+](=O)[O-])CC1.C=C(C#Cc1ccncc1)N1CCN(c2ncccc2[N+](=O)[O-])CC1. The van der Waals surface area contributed by atoms with Crippen LogP contribution in [0.5, 0.6) is 0 Å². The highest BCUT2D eigenvalue weighted by Gasteiger charge is 2.29. The van der Waals surface area contributed by atoms with Crippen LogP contribution in [-0.4, -0.2) is 184 Å². The summed E-state index contributed by atoms with van der Waals surface area (Å²) < 4.78 is 0. The monoisotopic (exact) mass is 1380 g/mol. The normalized spacial score (nSPS) is 13.7. The molecule has 4 aliphatic rings. The van der Waals surface area contributed by atoms with Gasteiger partial charge in [0.2, 0.25) is 23.3 Å². The topological polar surface area (TPSA) is 302 Å². The smallest absolute Gasteiger partial charge is 0.311 e. The average molecular weight is 1380 g/mol. The minimum Gasteiger partial charge on any atom is -0.362 e. The second-order valence-electron chi connectivity index (χ2n) is 23.4. The molecule has 0 saturated carbocycles. The second kappa shape index (κ2) is 36.3. The molecule has 4 saturated heterocycles. The van der Waals surface area contributed by atoms with Gasteiger partial charge in [0.1, 0.15) is 11.4 Å². The molecule has 0 amide bonds. The minimum absolute atomic E-state index is 0.0325. The van der Waals surface area contributed by atoms with Gasteiger partial charge in [0.25, 0.3) is 0 Å². The fourth-order valence-electron chi connectivity index (χ4n) is 10.9. The molecule has 28 heteroatoms. The lowest BCUT2D eigenvalue weighted by molar-refractivity contribution is -0.384. The molecule has 0 bridgehead atoms. The number of pyridine rings is 8. The van der Waals surface area contributed by atoms with Crippen LogP contribution < -0.4 is 19.6 Å². The fourth-order valence-corrected chi connectivity index (χ4v) is 10.9. The number of rotatable bonds is 12. The van der Waals surface area contributed by atoms with Crippen LogP contribution in [0.2, 0.25) is 0 Å². The molecule has 0 radical (unpaired) electrons. The summed E-state index contributed by atoms with van der Waals surface area (Å²) in [6.45, 7) is 32.5. The van der Waals surface area contributed by atoms with E-state index in [-0.39, 0.29) is 22.7 Å². The first kappa shape index (κ1) is 73.6. The number of anilines is 4. The molecule has 0 unspecified atom stereocenters. The standard InChI is InChI=1S/3C19H19N5O2.C18H17N5O2/c1-15-5-3-6-17(21-15)9-8-16(2)22-11-13-23(14-12-22)19-18(24(25)26)7-4-10-20-19;1-15-5-7-17(14-21-15)8-6-16(2)22-10-12-23(13-11-22)19-18(24(25)26)4-3-9-20-19;1-15-7-9-20-17(14-15)6-5-16(2)22-10-12-23(13-11-22)19-18(24(25)26)4-3-8-21-19;1-15(4-5-16-6-9-19-10-7-16)21-11-13-22(14-12-21)18-17(23(24)25)3-2-8-20-18/h3-7,10H,2,11-14H2,1H3;3-5,7,9,14H,2,10-13H2,1H3;3-4,7-9,14H,2,10-13H2,1H3;2-3,6-10H,1,11-14H2. The summed E-state index contributed by atoms with van der Waals surface area (Å²) in [5, 5.41) is 44.7. The van der Waals surface area contributed by atoms with Crippen LogP contribution in [0, 0.1) is 109 Å². The van der Waals surface area contributed by atoms with E-state index < -0.39 is 19.7 Å². The molecule has 522 valence electrons. The van der Waals surface area contributed by atoms with E-state index in [0.717, 1.165) is 50.9 Å². The zero-order valence-electron chi connectivity index (χ0n) is 57.3. The number of piperazine rings is 4. The van der Waals surface area contributed by atoms with E-state index in [4.69, 9.17) is 0 Å². The highest BCUT2D eigenvalue weighted by Crippen LogP contribution is 2.30. The highest BCUT2D eigenvalue weighted by molar-refractivity contribution is 5.61. The van der Waals surface area contributed by atoms with Crippen LogP contribution in [0.15, 0.2) is 202 Å². The number of aryl methyl sites for hydroxylation is 3. The summed E-state index contributed by atoms with van der Waals surface area (Å²) in [7, 11) is 0. The molecule has 0 aliphatic carbocycles. The van der Waals surface area contributed by atoms with Gasteiger partial charge in [0.15, 0.2) is 0 Å². The van der Waals surface area contributed by atoms with Gasteiger partial charge >= 0.3 is 22.7 Å². The second-order valence-corrected chi connectivity index (χ2v) is 23.4. The van der Waals surface area contributed by atoms with Gasteiger partial charge in [-0.3, -0.25) is 50.4 Å². The van der Waals surface area contributed by atoms with Crippen LogP contribution >= 0.6 is 0 Å². The molecular weight excluding hydrogens is 1310 g/mol. The molecule has 4 fully saturated rings. The molecule has 8 aromatic rings. The predicted octanol–water partition coefficient (Wildman–Crippen LogP) is 9.21. The van der Waals surface area contributed by atoms with Gasteiger partial charge in [0, 0.05) is 201 Å². The van der Waals surface area contributed by atoms with Gasteiger partial charge in [0.05, 0.1) is 42.5 Å². The lowest BCUT2D eigenvalue weighted by Crippen LogP contribution is -2.46. The summed E-state index contributed by atoms with van der Waals surface area (Å²) in [6, 6.07) is 29.4. The Kier molecular flexibility index (Phi) is 25.9. The van der Waals surface area contributed by atoms with Crippen molar-refractivity contribution in [1.82, 2.24) is 59.5 Å². The molecule has 8 aromatic heterocycles. The molecule has 0 N–H and O–H groups in total. The molecule has 12 heterocycles. The Balaban J connectivity index is 0.000000160. The van der Waals surface area contributed by atoms with Crippen molar-refractivity contribution in [3.8, 4) is 47.4 Å². The molecular formula is C75H74N20O8. The van der Waals surface area contributed by atoms with Gasteiger partial charge in [-0.15, -0.1) is 0 Å². The van der Waals surface area contributed by atoms with E-state index in [0.29, 0.717) is 139 Å². The van der Waals surface area contributed by atoms with Crippen molar-refractivity contribution in [2.24, 2.45) is 0 Å². The average Bonchev–Trinajstić information content (AvgIpc) is 0.842. The van der Waals surface area contributed by atoms with Crippen LogP contribution in [0.25, 0.3) is 0 Å². The number of allylic oxidation sites excluding steroid dienone is 4. The molecule has 103 heavy (non-hydrogen) atoms. The number of nitrogens with zero attached hydrogens (tertiary/aromatic N) is 20. The van der Waals surface area contributed by atoms with Gasteiger partial charge in [-0.2, -0.15) is 0 Å². The van der Waals surface area contributed by atoms with E-state index in [9.17, 15) is 40.5 Å². The first-order valence-electron chi connectivity index (χ1n) is 32.7. The molecule has 0 spiro atoms. The third kappa shape index (κ3) is 21.2. The summed E-state index contributed by atoms with van der Waals surface area (Å²) >= 11 is 0. The molecule has 28 nitrogen and oxygen atoms in total. The van der Waals surface area contributed by atoms with Crippen molar-refractivity contribution in [2.75, 3.05) is 124 Å². The third-order valence-corrected chi connectivity index (χ3v) is 16.5. The third-order valence-electron chi connectivity index (χ3n) is 16.5. The first-order valence-corrected chi connectivity index (χ1v) is 32.7. The van der Waals surface area contributed by atoms with Crippen LogP contribution in [0.1, 0.15) is 39.5 Å². The van der Waals surface area contributed by atoms with Crippen molar-refractivity contribution in [2.45, 2.75) is 20.8 Å². The van der Waals surface area contributed by atoms with E-state index in [2.05, 4.69) is 133 Å². The zero-order chi connectivity index (χ0) is 73.2. The van der Waals surface area contributed by atoms with Crippen LogP contribution in [0.4, 0.5) is 46.0 Å². The quantitative estimate of drug-likeness (QED) is 0.0625. The van der Waals surface area contributed by atoms with E-state index >= 15 is 0 Å². The Morgan fingerprint density at radius 2 is 0.718 bits per heavy atom. The van der Waals surface area contributed by atoms with Crippen molar-refractivity contribution >= 4 is 46.0 Å². The maximum atomic E-state index is 11.2. The van der Waals surface area contributed by atoms with E-state index in [1.807, 2.05) is 95.0 Å². The number of hydrogen-bond donors (Lipinski definition) is 0. The van der Waals surface area contributed by atoms with Gasteiger partial charge in [-0.05, 0) is 135 Å². The largest absolute Gasteiger partial charge is 0.362 e. The molecule has 4 aliphatic heterocycles. The number of aromatic nitrogens is 8. The van der Waals surface area contributed by atoms with Gasteiger partial charge in [-0.25, -0.2) is 29.9 Å². The van der Waals surface area contributed by atoms with Crippen molar-refractivity contribution in [3.63, 3.8) is 0 Å². The first-order chi connectivity index (χ1) is 49.8. The van der Waals surface area contributed by atoms with Gasteiger partial charge < -0.3 is 39.2 Å². The summed E-state index contributed by atoms with van der Waals surface area (Å²) in [5.41, 5.74) is 9.22. The lowest BCUT2D eigenvalue weighted by atomic mass is 10.2. The molecule has 0 atom stereocenters. The Morgan fingerprint density at radius 1 is 0.359 bits per heavy atom. The zero-order valence-corrected chi connectivity index (χ0v) is 57.3. The van der Waals surface area contributed by atoms with Crippen LogP contribution in [-0.2, 0) is 0 Å². The Labute approximate surface area is 596 Å². The molecule has 0 aromatic carbocycles. The van der Waals surface area contributed by atoms with Crippen molar-refractivity contribution < 1.29 is 19.7 Å². The summed E-state index contributed by atoms with van der Waals surface area (Å²) in [4.78, 5) is 92.6. The Bertz CT molecular complexity index is 4520. The Morgan fingerprint density at radius 3 is 1.06 bits per heavy atom. The molecule has 12 rings (SSSR count). The van der Waals surface area contributed by atoms with E-state index in [1.54, 1.807) is 73.8 Å². The predicted molar refractivity (Wildman–Crippen MR) is 394 cm³/mol. The maximum Gasteiger partial charge on any atom is 0.311 e. The number of hydrogen-bond acceptors (Lipinski definition) is 24. The van der Waals surface area contributed by atoms with Crippen molar-refractivity contribution in [3.05, 3.63) is 282 Å². The van der Waals surface area contributed by atoms with E-state index in [1.165, 1.54) is 24.3 Å². The summed E-state index contributed by atoms with van der Waals surface area (Å²) in [5.74, 6) is 26.1. The minimum atomic E-state index is -0.395. The fraction of sp³-hybridized carbons (Fsp3) is 0.253. The Hall–Kier alpha value is -13.6. The van der Waals surface area contributed by atoms with Gasteiger partial charge in [-0.1, -0.05) is 44.2 Å². The summed E-state index contributed by atoms with van der Waals surface area (Å²) in [6.07, 6.45) is 13.2. The number of nitro groups is 4. The van der Waals surface area contributed by atoms with Crippen LogP contribution in [0.3, 0.4) is 0 Å². The van der Waals surface area contributed by atoms with Crippen molar-refractivity contribution in [1.29, 1.82) is 0 Å².